The quantitative estimate of drug-likeness (QED) is 0.799. The van der Waals surface area contributed by atoms with Crippen LogP contribution in [0.3, 0.4) is 0 Å². The van der Waals surface area contributed by atoms with E-state index in [-0.39, 0.29) is 11.6 Å². The van der Waals surface area contributed by atoms with Gasteiger partial charge in [0.1, 0.15) is 5.60 Å². The molecule has 0 unspecified atom stereocenters. The van der Waals surface area contributed by atoms with E-state index in [1.54, 1.807) is 4.90 Å². The first-order chi connectivity index (χ1) is 8.77. The molecule has 2 rings (SSSR count). The number of hydrogen-bond donors (Lipinski definition) is 1. The molecule has 0 aromatic carbocycles. The van der Waals surface area contributed by atoms with Gasteiger partial charge in [-0.1, -0.05) is 11.6 Å². The number of carbonyl (C=O) groups is 1. The van der Waals surface area contributed by atoms with Crippen LogP contribution in [0.1, 0.15) is 52.9 Å². The van der Waals surface area contributed by atoms with Gasteiger partial charge >= 0.3 is 6.09 Å². The number of amides is 1. The molecule has 0 bridgehead atoms. The Morgan fingerprint density at radius 1 is 1.47 bits per heavy atom. The minimum atomic E-state index is -0.423. The fourth-order valence-corrected chi connectivity index (χ4v) is 2.30. The predicted molar refractivity (Wildman–Crippen MR) is 75.9 cm³/mol. The molecular weight excluding hydrogens is 240 g/mol. The molecule has 2 aliphatic rings. The maximum Gasteiger partial charge on any atom is 0.410 e. The predicted octanol–water partition coefficient (Wildman–Crippen LogP) is 2.83. The highest BCUT2D eigenvalue weighted by Gasteiger charge is 2.37. The highest BCUT2D eigenvalue weighted by molar-refractivity contribution is 5.68. The fraction of sp³-hybridized carbons (Fsp3) is 0.800. The molecule has 0 saturated heterocycles. The highest BCUT2D eigenvalue weighted by atomic mass is 16.6. The number of rotatable bonds is 3. The summed E-state index contributed by atoms with van der Waals surface area (Å²) in [5, 5.41) is 0. The van der Waals surface area contributed by atoms with Gasteiger partial charge in [0, 0.05) is 18.6 Å². The van der Waals surface area contributed by atoms with Crippen LogP contribution in [0.15, 0.2) is 11.6 Å². The summed E-state index contributed by atoms with van der Waals surface area (Å²) in [5.74, 6) is 0. The standard InChI is InChI=1S/C15H26N2O2/c1-14(2,3)19-13(18)17-10-4-5-12(11-17)6-7-15(16)8-9-15/h5H,4,6-11,16H2,1-3H3. The lowest BCUT2D eigenvalue weighted by Crippen LogP contribution is -2.40. The lowest BCUT2D eigenvalue weighted by atomic mass is 10.0. The Labute approximate surface area is 116 Å². The summed E-state index contributed by atoms with van der Waals surface area (Å²) in [6.45, 7) is 7.15. The van der Waals surface area contributed by atoms with E-state index in [0.29, 0.717) is 6.54 Å². The van der Waals surface area contributed by atoms with Crippen LogP contribution in [0.5, 0.6) is 0 Å². The van der Waals surface area contributed by atoms with Crippen LogP contribution in [0.25, 0.3) is 0 Å². The zero-order valence-electron chi connectivity index (χ0n) is 12.4. The normalized spacial score (nSPS) is 21.9. The maximum atomic E-state index is 12.0. The van der Waals surface area contributed by atoms with Gasteiger partial charge in [-0.3, -0.25) is 0 Å². The summed E-state index contributed by atoms with van der Waals surface area (Å²) < 4.78 is 5.42. The average Bonchev–Trinajstić information content (AvgIpc) is 3.04. The van der Waals surface area contributed by atoms with Crippen molar-refractivity contribution in [1.29, 1.82) is 0 Å². The Morgan fingerprint density at radius 2 is 2.16 bits per heavy atom. The second kappa shape index (κ2) is 5.16. The van der Waals surface area contributed by atoms with Crippen LogP contribution in [0.4, 0.5) is 4.79 Å². The van der Waals surface area contributed by atoms with Crippen molar-refractivity contribution < 1.29 is 9.53 Å². The second-order valence-electron chi connectivity index (χ2n) is 6.92. The van der Waals surface area contributed by atoms with Crippen LogP contribution >= 0.6 is 0 Å². The van der Waals surface area contributed by atoms with Crippen molar-refractivity contribution >= 4 is 6.09 Å². The molecule has 0 spiro atoms. The summed E-state index contributed by atoms with van der Waals surface area (Å²) >= 11 is 0. The molecule has 108 valence electrons. The first-order valence-electron chi connectivity index (χ1n) is 7.22. The van der Waals surface area contributed by atoms with Crippen LogP contribution in [0.2, 0.25) is 0 Å². The molecule has 1 amide bonds. The Hall–Kier alpha value is -1.03. The summed E-state index contributed by atoms with van der Waals surface area (Å²) in [7, 11) is 0. The Balaban J connectivity index is 1.82. The third-order valence-corrected chi connectivity index (χ3v) is 3.71. The summed E-state index contributed by atoms with van der Waals surface area (Å²) in [4.78, 5) is 13.8. The molecule has 19 heavy (non-hydrogen) atoms. The van der Waals surface area contributed by atoms with Gasteiger partial charge in [-0.15, -0.1) is 0 Å². The average molecular weight is 266 g/mol. The van der Waals surface area contributed by atoms with E-state index in [4.69, 9.17) is 10.5 Å². The monoisotopic (exact) mass is 266 g/mol. The molecule has 1 fully saturated rings. The molecule has 0 atom stereocenters. The minimum Gasteiger partial charge on any atom is -0.444 e. The van der Waals surface area contributed by atoms with Crippen molar-refractivity contribution in [2.75, 3.05) is 13.1 Å². The smallest absolute Gasteiger partial charge is 0.410 e. The third kappa shape index (κ3) is 4.53. The van der Waals surface area contributed by atoms with Gasteiger partial charge in [0.25, 0.3) is 0 Å². The van der Waals surface area contributed by atoms with Gasteiger partial charge in [-0.2, -0.15) is 0 Å². The van der Waals surface area contributed by atoms with E-state index in [0.717, 1.165) is 38.6 Å². The molecule has 4 nitrogen and oxygen atoms in total. The zero-order valence-corrected chi connectivity index (χ0v) is 12.4. The number of carbonyl (C=O) groups excluding carboxylic acids is 1. The summed E-state index contributed by atoms with van der Waals surface area (Å²) in [6.07, 6.45) is 7.33. The Morgan fingerprint density at radius 3 is 2.74 bits per heavy atom. The van der Waals surface area contributed by atoms with Crippen molar-refractivity contribution in [3.8, 4) is 0 Å². The zero-order chi connectivity index (χ0) is 14.1. The molecule has 1 aliphatic carbocycles. The fourth-order valence-electron chi connectivity index (χ4n) is 2.30. The van der Waals surface area contributed by atoms with E-state index in [9.17, 15) is 4.79 Å². The topological polar surface area (TPSA) is 55.6 Å². The molecule has 0 aromatic heterocycles. The van der Waals surface area contributed by atoms with Crippen molar-refractivity contribution in [2.45, 2.75) is 64.0 Å². The van der Waals surface area contributed by atoms with Gasteiger partial charge < -0.3 is 15.4 Å². The molecular formula is C15H26N2O2. The summed E-state index contributed by atoms with van der Waals surface area (Å²) in [6, 6.07) is 0. The minimum absolute atomic E-state index is 0.0923. The Kier molecular flexibility index (Phi) is 3.90. The Bertz CT molecular complexity index is 378. The molecule has 0 radical (unpaired) electrons. The van der Waals surface area contributed by atoms with Crippen LogP contribution < -0.4 is 5.73 Å². The van der Waals surface area contributed by atoms with Gasteiger partial charge in [0.2, 0.25) is 0 Å². The molecule has 1 saturated carbocycles. The maximum absolute atomic E-state index is 12.0. The van der Waals surface area contributed by atoms with Gasteiger partial charge in [-0.25, -0.2) is 4.79 Å². The van der Waals surface area contributed by atoms with Crippen molar-refractivity contribution in [1.82, 2.24) is 4.90 Å². The first kappa shape index (κ1) is 14.4. The molecule has 1 heterocycles. The van der Waals surface area contributed by atoms with Crippen molar-refractivity contribution in [2.24, 2.45) is 5.73 Å². The van der Waals surface area contributed by atoms with Crippen LogP contribution in [-0.2, 0) is 4.74 Å². The second-order valence-corrected chi connectivity index (χ2v) is 6.92. The number of nitrogens with two attached hydrogens (primary N) is 1. The van der Waals surface area contributed by atoms with Crippen molar-refractivity contribution in [3.63, 3.8) is 0 Å². The van der Waals surface area contributed by atoms with Gasteiger partial charge in [0.15, 0.2) is 0 Å². The molecule has 2 N–H and O–H groups in total. The van der Waals surface area contributed by atoms with E-state index >= 15 is 0 Å². The van der Waals surface area contributed by atoms with Gasteiger partial charge in [-0.05, 0) is 52.9 Å². The number of hydrogen-bond acceptors (Lipinski definition) is 3. The summed E-state index contributed by atoms with van der Waals surface area (Å²) in [5.41, 5.74) is 7.11. The van der Waals surface area contributed by atoms with Crippen LogP contribution in [0, 0.1) is 0 Å². The molecule has 1 aliphatic heterocycles. The molecule has 0 aromatic rings. The molecule has 4 heteroatoms. The van der Waals surface area contributed by atoms with Crippen LogP contribution in [-0.4, -0.2) is 35.2 Å². The number of ether oxygens (including phenoxy) is 1. The van der Waals surface area contributed by atoms with E-state index in [2.05, 4.69) is 6.08 Å². The third-order valence-electron chi connectivity index (χ3n) is 3.71. The van der Waals surface area contributed by atoms with E-state index in [1.165, 1.54) is 5.57 Å². The largest absolute Gasteiger partial charge is 0.444 e. The lowest BCUT2D eigenvalue weighted by Gasteiger charge is -2.30. The lowest BCUT2D eigenvalue weighted by molar-refractivity contribution is 0.0260. The van der Waals surface area contributed by atoms with Gasteiger partial charge in [0.05, 0.1) is 0 Å². The number of nitrogens with zero attached hydrogens (tertiary/aromatic N) is 1. The van der Waals surface area contributed by atoms with E-state index in [1.807, 2.05) is 20.8 Å². The SMILES string of the molecule is CC(C)(C)OC(=O)N1CCC=C(CCC2(N)CC2)C1. The van der Waals surface area contributed by atoms with E-state index < -0.39 is 5.60 Å². The van der Waals surface area contributed by atoms with Crippen molar-refractivity contribution in [3.05, 3.63) is 11.6 Å². The first-order valence-corrected chi connectivity index (χ1v) is 7.22. The highest BCUT2D eigenvalue weighted by Crippen LogP contribution is 2.37.